The number of amides is 2. The fourth-order valence-corrected chi connectivity index (χ4v) is 1.90. The third-order valence-corrected chi connectivity index (χ3v) is 2.88. The first kappa shape index (κ1) is 12.3. The summed E-state index contributed by atoms with van der Waals surface area (Å²) < 4.78 is 0. The van der Waals surface area contributed by atoms with Crippen LogP contribution in [0.1, 0.15) is 20.8 Å². The van der Waals surface area contributed by atoms with Gasteiger partial charge < -0.3 is 10.6 Å². The monoisotopic (exact) mass is 261 g/mol. The zero-order valence-electron chi connectivity index (χ0n) is 9.64. The van der Waals surface area contributed by atoms with Crippen molar-refractivity contribution in [1.82, 2.24) is 10.3 Å². The quantitative estimate of drug-likeness (QED) is 0.884. The van der Waals surface area contributed by atoms with E-state index in [2.05, 4.69) is 15.6 Å². The van der Waals surface area contributed by atoms with Crippen LogP contribution in [0.3, 0.4) is 0 Å². The Morgan fingerprint density at radius 2 is 1.89 bits per heavy atom. The fourth-order valence-electron chi connectivity index (χ4n) is 1.37. The van der Waals surface area contributed by atoms with Crippen LogP contribution in [0.2, 0.25) is 0 Å². The van der Waals surface area contributed by atoms with E-state index in [1.165, 1.54) is 11.3 Å². The Bertz CT molecular complexity index is 549. The zero-order chi connectivity index (χ0) is 13.0. The summed E-state index contributed by atoms with van der Waals surface area (Å²) in [5, 5.41) is 6.91. The molecule has 1 aromatic heterocycles. The van der Waals surface area contributed by atoms with Crippen LogP contribution in [0.5, 0.6) is 0 Å². The molecule has 0 bridgehead atoms. The first-order valence-corrected chi connectivity index (χ1v) is 6.16. The van der Waals surface area contributed by atoms with Gasteiger partial charge in [-0.15, -0.1) is 11.3 Å². The minimum absolute atomic E-state index is 0.160. The molecular formula is C12H11N3O2S. The van der Waals surface area contributed by atoms with Crippen molar-refractivity contribution in [2.45, 2.75) is 0 Å². The molecule has 92 valence electrons. The zero-order valence-corrected chi connectivity index (χ0v) is 10.5. The lowest BCUT2D eigenvalue weighted by Crippen LogP contribution is -2.17. The number of benzene rings is 1. The van der Waals surface area contributed by atoms with Crippen molar-refractivity contribution >= 4 is 28.8 Å². The minimum atomic E-state index is -0.260. The molecular weight excluding hydrogens is 250 g/mol. The number of hydrogen-bond acceptors (Lipinski definition) is 4. The summed E-state index contributed by atoms with van der Waals surface area (Å²) in [6.45, 7) is 0. The molecule has 1 aromatic carbocycles. The molecule has 0 spiro atoms. The van der Waals surface area contributed by atoms with Gasteiger partial charge in [-0.3, -0.25) is 9.59 Å². The van der Waals surface area contributed by atoms with Gasteiger partial charge in [0.25, 0.3) is 11.8 Å². The Hall–Kier alpha value is -2.21. The van der Waals surface area contributed by atoms with E-state index in [0.717, 1.165) is 0 Å². The number of nitrogens with zero attached hydrogens (tertiary/aromatic N) is 1. The van der Waals surface area contributed by atoms with Crippen molar-refractivity contribution in [3.8, 4) is 0 Å². The van der Waals surface area contributed by atoms with E-state index < -0.39 is 0 Å². The van der Waals surface area contributed by atoms with Crippen LogP contribution in [0, 0.1) is 0 Å². The molecule has 6 heteroatoms. The lowest BCUT2D eigenvalue weighted by Gasteiger charge is -2.04. The second-order valence-corrected chi connectivity index (χ2v) is 4.20. The number of thiazole rings is 1. The van der Waals surface area contributed by atoms with Gasteiger partial charge in [-0.2, -0.15) is 0 Å². The molecule has 2 amide bonds. The van der Waals surface area contributed by atoms with E-state index in [1.807, 2.05) is 0 Å². The highest BCUT2D eigenvalue weighted by molar-refractivity contribution is 7.07. The van der Waals surface area contributed by atoms with Gasteiger partial charge in [0.15, 0.2) is 0 Å². The first-order valence-electron chi connectivity index (χ1n) is 5.22. The SMILES string of the molecule is CNC(=O)c1ccc(NC(=O)c2cscn2)cc1. The molecule has 5 nitrogen and oxygen atoms in total. The Morgan fingerprint density at radius 1 is 1.17 bits per heavy atom. The standard InChI is InChI=1S/C12H11N3O2S/c1-13-11(16)8-2-4-9(5-3-8)15-12(17)10-6-18-7-14-10/h2-7H,1H3,(H,13,16)(H,15,17). The molecule has 0 radical (unpaired) electrons. The summed E-state index contributed by atoms with van der Waals surface area (Å²) in [5.41, 5.74) is 3.16. The number of aromatic nitrogens is 1. The molecule has 0 unspecified atom stereocenters. The van der Waals surface area contributed by atoms with E-state index in [4.69, 9.17) is 0 Å². The Kier molecular flexibility index (Phi) is 3.69. The van der Waals surface area contributed by atoms with E-state index in [9.17, 15) is 9.59 Å². The lowest BCUT2D eigenvalue weighted by molar-refractivity contribution is 0.0962. The smallest absolute Gasteiger partial charge is 0.275 e. The number of nitrogens with one attached hydrogen (secondary N) is 2. The van der Waals surface area contributed by atoms with E-state index >= 15 is 0 Å². The fraction of sp³-hybridized carbons (Fsp3) is 0.0833. The average molecular weight is 261 g/mol. The second kappa shape index (κ2) is 5.42. The summed E-state index contributed by atoms with van der Waals surface area (Å²) in [7, 11) is 1.57. The lowest BCUT2D eigenvalue weighted by atomic mass is 10.2. The van der Waals surface area contributed by atoms with Crippen LogP contribution in [0.15, 0.2) is 35.2 Å². The van der Waals surface area contributed by atoms with Crippen molar-refractivity contribution < 1.29 is 9.59 Å². The topological polar surface area (TPSA) is 71.1 Å². The van der Waals surface area contributed by atoms with Crippen LogP contribution in [0.4, 0.5) is 5.69 Å². The summed E-state index contributed by atoms with van der Waals surface area (Å²) in [6, 6.07) is 6.65. The van der Waals surface area contributed by atoms with Crippen LogP contribution in [0.25, 0.3) is 0 Å². The van der Waals surface area contributed by atoms with Crippen LogP contribution in [-0.4, -0.2) is 23.8 Å². The third kappa shape index (κ3) is 2.72. The predicted octanol–water partition coefficient (Wildman–Crippen LogP) is 1.75. The summed E-state index contributed by atoms with van der Waals surface area (Å²) in [4.78, 5) is 26.9. The molecule has 0 saturated carbocycles. The van der Waals surface area contributed by atoms with E-state index in [-0.39, 0.29) is 11.8 Å². The molecule has 2 aromatic rings. The molecule has 18 heavy (non-hydrogen) atoms. The van der Waals surface area contributed by atoms with Crippen LogP contribution in [-0.2, 0) is 0 Å². The Labute approximate surface area is 108 Å². The van der Waals surface area contributed by atoms with Crippen molar-refractivity contribution in [3.05, 3.63) is 46.4 Å². The maximum Gasteiger partial charge on any atom is 0.275 e. The van der Waals surface area contributed by atoms with Crippen molar-refractivity contribution in [1.29, 1.82) is 0 Å². The first-order chi connectivity index (χ1) is 8.70. The van der Waals surface area contributed by atoms with Gasteiger partial charge in [0.05, 0.1) is 5.51 Å². The molecule has 0 aliphatic rings. The van der Waals surface area contributed by atoms with Gasteiger partial charge in [0.2, 0.25) is 0 Å². The normalized spacial score (nSPS) is 9.83. The summed E-state index contributed by atoms with van der Waals surface area (Å²) >= 11 is 1.36. The molecule has 0 saturated heterocycles. The van der Waals surface area contributed by atoms with Gasteiger partial charge in [-0.05, 0) is 24.3 Å². The molecule has 2 rings (SSSR count). The van der Waals surface area contributed by atoms with Gasteiger partial charge in [-0.25, -0.2) is 4.98 Å². The van der Waals surface area contributed by atoms with Crippen molar-refractivity contribution in [2.75, 3.05) is 12.4 Å². The highest BCUT2D eigenvalue weighted by Crippen LogP contribution is 2.11. The molecule has 2 N–H and O–H groups in total. The van der Waals surface area contributed by atoms with Crippen molar-refractivity contribution in [2.24, 2.45) is 0 Å². The van der Waals surface area contributed by atoms with Crippen LogP contribution >= 0.6 is 11.3 Å². The second-order valence-electron chi connectivity index (χ2n) is 3.48. The number of carbonyl (C=O) groups excluding carboxylic acids is 2. The van der Waals surface area contributed by atoms with Gasteiger partial charge in [0, 0.05) is 23.7 Å². The van der Waals surface area contributed by atoms with Gasteiger partial charge >= 0.3 is 0 Å². The Morgan fingerprint density at radius 3 is 2.44 bits per heavy atom. The van der Waals surface area contributed by atoms with Crippen LogP contribution < -0.4 is 10.6 Å². The predicted molar refractivity (Wildman–Crippen MR) is 69.9 cm³/mol. The molecule has 0 fully saturated rings. The third-order valence-electron chi connectivity index (χ3n) is 2.30. The maximum absolute atomic E-state index is 11.7. The summed E-state index contributed by atoms with van der Waals surface area (Å²) in [5.74, 6) is -0.420. The van der Waals surface area contributed by atoms with E-state index in [1.54, 1.807) is 42.2 Å². The molecule has 0 aliphatic heterocycles. The number of carbonyl (C=O) groups is 2. The number of anilines is 1. The molecule has 1 heterocycles. The average Bonchev–Trinajstić information content (AvgIpc) is 2.92. The number of hydrogen-bond donors (Lipinski definition) is 2. The van der Waals surface area contributed by atoms with Gasteiger partial charge in [0.1, 0.15) is 5.69 Å². The van der Waals surface area contributed by atoms with Gasteiger partial charge in [-0.1, -0.05) is 0 Å². The number of rotatable bonds is 3. The van der Waals surface area contributed by atoms with Crippen molar-refractivity contribution in [3.63, 3.8) is 0 Å². The highest BCUT2D eigenvalue weighted by atomic mass is 32.1. The minimum Gasteiger partial charge on any atom is -0.355 e. The summed E-state index contributed by atoms with van der Waals surface area (Å²) in [6.07, 6.45) is 0. The highest BCUT2D eigenvalue weighted by Gasteiger charge is 2.08. The molecule has 0 atom stereocenters. The Balaban J connectivity index is 2.07. The largest absolute Gasteiger partial charge is 0.355 e. The maximum atomic E-state index is 11.7. The van der Waals surface area contributed by atoms with E-state index in [0.29, 0.717) is 16.9 Å². The molecule has 0 aliphatic carbocycles.